The van der Waals surface area contributed by atoms with Gasteiger partial charge in [0, 0.05) is 44.2 Å². The number of carbonyl (C=O) groups excluding carboxylic acids is 2. The first-order chi connectivity index (χ1) is 15.9. The van der Waals surface area contributed by atoms with Gasteiger partial charge in [0.05, 0.1) is 18.7 Å². The lowest BCUT2D eigenvalue weighted by Gasteiger charge is -2.43. The number of benzene rings is 1. The Morgan fingerprint density at radius 3 is 2.67 bits per heavy atom. The summed E-state index contributed by atoms with van der Waals surface area (Å²) in [5.41, 5.74) is 0.592. The first-order valence-electron chi connectivity index (χ1n) is 11.0. The van der Waals surface area contributed by atoms with Crippen LogP contribution in [0.2, 0.25) is 0 Å². The van der Waals surface area contributed by atoms with Gasteiger partial charge in [-0.3, -0.25) is 19.6 Å². The molecule has 1 unspecified atom stereocenters. The third-order valence-electron chi connectivity index (χ3n) is 6.95. The predicted molar refractivity (Wildman–Crippen MR) is 119 cm³/mol. The van der Waals surface area contributed by atoms with Crippen molar-refractivity contribution in [1.82, 2.24) is 9.47 Å². The largest absolute Gasteiger partial charge is 0.733 e. The number of piperidine rings is 1. The van der Waals surface area contributed by atoms with Crippen LogP contribution in [0.25, 0.3) is 0 Å². The molecule has 0 saturated carbocycles. The number of hydrogen-bond donors (Lipinski definition) is 1. The van der Waals surface area contributed by atoms with E-state index in [-0.39, 0.29) is 35.8 Å². The van der Waals surface area contributed by atoms with Gasteiger partial charge in [0.2, 0.25) is 11.8 Å². The Morgan fingerprint density at radius 2 is 1.91 bits per heavy atom. The van der Waals surface area contributed by atoms with Gasteiger partial charge < -0.3 is 29.5 Å². The van der Waals surface area contributed by atoms with Crippen molar-refractivity contribution in [3.63, 3.8) is 0 Å². The minimum Gasteiger partial charge on any atom is -0.733 e. The van der Waals surface area contributed by atoms with Crippen molar-refractivity contribution in [1.29, 1.82) is 0 Å². The Labute approximate surface area is 190 Å². The van der Waals surface area contributed by atoms with Gasteiger partial charge in [-0.25, -0.2) is 0 Å². The van der Waals surface area contributed by atoms with Crippen molar-refractivity contribution >= 4 is 23.2 Å². The number of likely N-dealkylation sites (tertiary alicyclic amines) is 1. The number of anilines is 2. The Morgan fingerprint density at radius 1 is 1.12 bits per heavy atom. The zero-order valence-corrected chi connectivity index (χ0v) is 18.2. The second kappa shape index (κ2) is 8.20. The SMILES string of the molecule is COc1ccccc1N1CC(C(=O)N2C[C@@H]3C[C@@H](C2)c2ccc(N([O-])O)c(=O)n2C3)CC1=O. The maximum absolute atomic E-state index is 13.4. The number of para-hydroxylation sites is 2. The van der Waals surface area contributed by atoms with E-state index in [4.69, 9.17) is 4.74 Å². The van der Waals surface area contributed by atoms with E-state index in [0.29, 0.717) is 37.6 Å². The molecular weight excluding hydrogens is 428 g/mol. The predicted octanol–water partition coefficient (Wildman–Crippen LogP) is 1.55. The summed E-state index contributed by atoms with van der Waals surface area (Å²) in [5, 5.41) is 20.0. The molecule has 2 amide bonds. The zero-order chi connectivity index (χ0) is 23.3. The fraction of sp³-hybridized carbons (Fsp3) is 0.435. The van der Waals surface area contributed by atoms with Crippen molar-refractivity contribution in [2.24, 2.45) is 11.8 Å². The highest BCUT2D eigenvalue weighted by Gasteiger charge is 2.42. The van der Waals surface area contributed by atoms with Crippen LogP contribution < -0.4 is 20.4 Å². The molecule has 33 heavy (non-hydrogen) atoms. The van der Waals surface area contributed by atoms with Crippen molar-refractivity contribution in [3.8, 4) is 5.75 Å². The van der Waals surface area contributed by atoms with Crippen LogP contribution in [0.5, 0.6) is 5.75 Å². The van der Waals surface area contributed by atoms with Crippen LogP contribution in [-0.2, 0) is 16.1 Å². The van der Waals surface area contributed by atoms with Gasteiger partial charge in [-0.2, -0.15) is 0 Å². The molecule has 4 heterocycles. The second-order valence-corrected chi connectivity index (χ2v) is 8.95. The summed E-state index contributed by atoms with van der Waals surface area (Å²) in [7, 11) is 1.55. The van der Waals surface area contributed by atoms with Crippen LogP contribution in [0.1, 0.15) is 24.5 Å². The lowest BCUT2D eigenvalue weighted by Crippen LogP contribution is -2.51. The highest BCUT2D eigenvalue weighted by atomic mass is 16.8. The molecule has 3 atom stereocenters. The number of methoxy groups -OCH3 is 1. The van der Waals surface area contributed by atoms with E-state index in [1.807, 2.05) is 23.1 Å². The molecule has 0 spiro atoms. The van der Waals surface area contributed by atoms with E-state index < -0.39 is 16.7 Å². The molecule has 0 aliphatic carbocycles. The van der Waals surface area contributed by atoms with E-state index in [1.165, 1.54) is 6.07 Å². The van der Waals surface area contributed by atoms with Crippen LogP contribution in [-0.4, -0.2) is 53.2 Å². The van der Waals surface area contributed by atoms with Crippen LogP contribution in [0.15, 0.2) is 41.2 Å². The van der Waals surface area contributed by atoms with Gasteiger partial charge >= 0.3 is 0 Å². The van der Waals surface area contributed by atoms with Crippen LogP contribution in [0, 0.1) is 17.0 Å². The van der Waals surface area contributed by atoms with Gasteiger partial charge in [-0.1, -0.05) is 12.1 Å². The maximum atomic E-state index is 13.4. The monoisotopic (exact) mass is 453 g/mol. The number of ether oxygens (including phenoxy) is 1. The molecule has 2 aromatic rings. The van der Waals surface area contributed by atoms with Crippen molar-refractivity contribution in [3.05, 3.63) is 57.7 Å². The molecule has 10 nitrogen and oxygen atoms in total. The summed E-state index contributed by atoms with van der Waals surface area (Å²) in [4.78, 5) is 42.2. The number of aromatic nitrogens is 1. The van der Waals surface area contributed by atoms with Crippen LogP contribution in [0.4, 0.5) is 11.4 Å². The van der Waals surface area contributed by atoms with E-state index in [0.717, 1.165) is 12.1 Å². The van der Waals surface area contributed by atoms with E-state index in [2.05, 4.69) is 0 Å². The standard InChI is InChI=1S/C23H25N4O6/c1-33-20-5-3-2-4-18(20)25-13-16(9-21(25)28)22(29)24-10-14-8-15(12-24)17-6-7-19(27(31)32)23(30)26(17)11-14/h2-7,14-16,31H,8-13H2,1H3/q-1/t14-,15-,16?/m0/s1. The summed E-state index contributed by atoms with van der Waals surface area (Å²) in [5.74, 6) is 0.0232. The molecule has 2 fully saturated rings. The van der Waals surface area contributed by atoms with E-state index in [9.17, 15) is 24.8 Å². The topological polar surface area (TPSA) is 118 Å². The molecule has 3 aliphatic rings. The quantitative estimate of drug-likeness (QED) is 0.698. The van der Waals surface area contributed by atoms with Gasteiger partial charge in [-0.05, 0) is 36.6 Å². The normalized spacial score (nSPS) is 24.0. The summed E-state index contributed by atoms with van der Waals surface area (Å²) < 4.78 is 6.92. The maximum Gasteiger partial charge on any atom is 0.275 e. The second-order valence-electron chi connectivity index (χ2n) is 8.95. The number of nitrogens with zero attached hydrogens (tertiary/aromatic N) is 4. The Hall–Kier alpha value is -3.37. The molecule has 5 rings (SSSR count). The highest BCUT2D eigenvalue weighted by molar-refractivity contribution is 6.01. The molecule has 1 N–H and O–H groups in total. The average molecular weight is 453 g/mol. The molecular formula is C23H25N4O6-. The van der Waals surface area contributed by atoms with E-state index in [1.54, 1.807) is 28.7 Å². The Balaban J connectivity index is 1.34. The Bertz CT molecular complexity index is 1160. The molecule has 10 heteroatoms. The number of fused-ring (bicyclic) bond motifs is 4. The zero-order valence-electron chi connectivity index (χ0n) is 18.2. The molecule has 2 saturated heterocycles. The van der Waals surface area contributed by atoms with Gasteiger partial charge in [0.15, 0.2) is 0 Å². The number of amides is 2. The molecule has 174 valence electrons. The minimum absolute atomic E-state index is 0.0376. The van der Waals surface area contributed by atoms with Crippen molar-refractivity contribution in [2.75, 3.05) is 36.9 Å². The average Bonchev–Trinajstić information content (AvgIpc) is 3.20. The summed E-state index contributed by atoms with van der Waals surface area (Å²) >= 11 is 0. The molecule has 3 aliphatic heterocycles. The van der Waals surface area contributed by atoms with Crippen molar-refractivity contribution < 1.29 is 19.5 Å². The van der Waals surface area contributed by atoms with Crippen molar-refractivity contribution in [2.45, 2.75) is 25.3 Å². The summed E-state index contributed by atoms with van der Waals surface area (Å²) in [6.45, 7) is 1.63. The van der Waals surface area contributed by atoms with Crippen LogP contribution >= 0.6 is 0 Å². The fourth-order valence-electron chi connectivity index (χ4n) is 5.48. The van der Waals surface area contributed by atoms with Crippen LogP contribution in [0.3, 0.4) is 0 Å². The fourth-order valence-corrected chi connectivity index (χ4v) is 5.48. The number of hydrogen-bond acceptors (Lipinski definition) is 7. The lowest BCUT2D eigenvalue weighted by atomic mass is 9.82. The molecule has 2 bridgehead atoms. The Kier molecular flexibility index (Phi) is 5.34. The third kappa shape index (κ3) is 3.65. The first-order valence-corrected chi connectivity index (χ1v) is 11.0. The molecule has 0 radical (unpaired) electrons. The molecule has 1 aromatic heterocycles. The smallest absolute Gasteiger partial charge is 0.275 e. The van der Waals surface area contributed by atoms with Gasteiger partial charge in [0.25, 0.3) is 5.56 Å². The van der Waals surface area contributed by atoms with E-state index >= 15 is 0 Å². The first kappa shape index (κ1) is 21.5. The van der Waals surface area contributed by atoms with Gasteiger partial charge in [-0.15, -0.1) is 0 Å². The minimum atomic E-state index is -0.520. The number of carbonyl (C=O) groups is 2. The summed E-state index contributed by atoms with van der Waals surface area (Å²) in [6.07, 6.45) is 0.998. The number of rotatable bonds is 4. The molecule has 1 aromatic carbocycles. The van der Waals surface area contributed by atoms with Gasteiger partial charge in [0.1, 0.15) is 11.4 Å². The lowest BCUT2D eigenvalue weighted by molar-refractivity contribution is -0.138. The number of pyridine rings is 1. The summed E-state index contributed by atoms with van der Waals surface area (Å²) in [6, 6.07) is 10.3. The third-order valence-corrected chi connectivity index (χ3v) is 6.95. The highest BCUT2D eigenvalue weighted by Crippen LogP contribution is 2.38.